The zero-order valence-corrected chi connectivity index (χ0v) is 7.62. The maximum atomic E-state index is 4.06. The van der Waals surface area contributed by atoms with E-state index < -0.39 is 0 Å². The van der Waals surface area contributed by atoms with Crippen LogP contribution >= 0.6 is 0 Å². The van der Waals surface area contributed by atoms with E-state index in [1.807, 2.05) is 24.3 Å². The number of rotatable bonds is 3. The first-order valence-electron chi connectivity index (χ1n) is 4.27. The summed E-state index contributed by atoms with van der Waals surface area (Å²) in [7, 11) is 0. The highest BCUT2D eigenvalue weighted by molar-refractivity contribution is 5.37. The van der Waals surface area contributed by atoms with E-state index >= 15 is 0 Å². The summed E-state index contributed by atoms with van der Waals surface area (Å²) in [4.78, 5) is 0. The van der Waals surface area contributed by atoms with Crippen LogP contribution in [-0.2, 0) is 0 Å². The molecule has 2 nitrogen and oxygen atoms in total. The van der Waals surface area contributed by atoms with Gasteiger partial charge in [0.2, 0.25) is 0 Å². The third-order valence-corrected chi connectivity index (χ3v) is 1.54. The maximum absolute atomic E-state index is 4.06. The number of hydrogen-bond donors (Lipinski definition) is 0. The van der Waals surface area contributed by atoms with Crippen molar-refractivity contribution in [3.8, 4) is 0 Å². The summed E-state index contributed by atoms with van der Waals surface area (Å²) >= 11 is 0. The van der Waals surface area contributed by atoms with Gasteiger partial charge in [-0.15, -0.1) is 0 Å². The number of azo groups is 1. The minimum atomic E-state index is 0.813. The summed E-state index contributed by atoms with van der Waals surface area (Å²) in [6, 6.07) is 8.05. The smallest absolute Gasteiger partial charge is 0.0852 e. The van der Waals surface area contributed by atoms with Crippen LogP contribution in [0.1, 0.15) is 18.9 Å². The Hall–Kier alpha value is -1.18. The summed E-state index contributed by atoms with van der Waals surface area (Å²) in [5.74, 6) is 0. The molecule has 0 spiro atoms. The van der Waals surface area contributed by atoms with Gasteiger partial charge in [0.05, 0.1) is 12.2 Å². The maximum Gasteiger partial charge on any atom is 0.0852 e. The fourth-order valence-corrected chi connectivity index (χ4v) is 0.843. The second kappa shape index (κ2) is 4.65. The van der Waals surface area contributed by atoms with Gasteiger partial charge in [0, 0.05) is 0 Å². The van der Waals surface area contributed by atoms with Crippen molar-refractivity contribution in [2.75, 3.05) is 6.54 Å². The number of nitrogens with zero attached hydrogens (tertiary/aromatic N) is 2. The molecule has 12 heavy (non-hydrogen) atoms. The second-order valence-electron chi connectivity index (χ2n) is 2.80. The van der Waals surface area contributed by atoms with Crippen LogP contribution in [0.4, 0.5) is 5.69 Å². The lowest BCUT2D eigenvalue weighted by Crippen LogP contribution is -1.72. The van der Waals surface area contributed by atoms with E-state index in [-0.39, 0.29) is 0 Å². The Kier molecular flexibility index (Phi) is 3.45. The molecule has 0 fully saturated rings. The van der Waals surface area contributed by atoms with Gasteiger partial charge >= 0.3 is 0 Å². The highest BCUT2D eigenvalue weighted by Crippen LogP contribution is 2.12. The molecule has 1 aromatic carbocycles. The van der Waals surface area contributed by atoms with Crippen LogP contribution in [0.25, 0.3) is 0 Å². The molecule has 0 N–H and O–H groups in total. The third-order valence-electron chi connectivity index (χ3n) is 1.54. The second-order valence-corrected chi connectivity index (χ2v) is 2.80. The molecule has 0 aliphatic heterocycles. The first-order valence-corrected chi connectivity index (χ1v) is 4.27. The molecule has 0 saturated heterocycles. The van der Waals surface area contributed by atoms with Crippen molar-refractivity contribution < 1.29 is 0 Å². The molecule has 0 unspecified atom stereocenters. The van der Waals surface area contributed by atoms with Gasteiger partial charge in [-0.25, -0.2) is 0 Å². The molecule has 0 atom stereocenters. The van der Waals surface area contributed by atoms with Gasteiger partial charge < -0.3 is 0 Å². The largest absolute Gasteiger partial charge is 0.189 e. The summed E-state index contributed by atoms with van der Waals surface area (Å²) < 4.78 is 0. The summed E-state index contributed by atoms with van der Waals surface area (Å²) in [5.41, 5.74) is 2.19. The van der Waals surface area contributed by atoms with Gasteiger partial charge in [0.1, 0.15) is 0 Å². The van der Waals surface area contributed by atoms with Crippen molar-refractivity contribution in [2.45, 2.75) is 20.3 Å². The Balaban J connectivity index is 2.58. The standard InChI is InChI=1S/C10H14N2/c1-3-8-11-12-10-6-4-9(2)5-7-10/h4-7H,3,8H2,1-2H3. The Morgan fingerprint density at radius 1 is 1.17 bits per heavy atom. The molecular weight excluding hydrogens is 148 g/mol. The van der Waals surface area contributed by atoms with Gasteiger partial charge in [0.15, 0.2) is 0 Å². The minimum Gasteiger partial charge on any atom is -0.189 e. The van der Waals surface area contributed by atoms with Gasteiger partial charge in [-0.2, -0.15) is 10.2 Å². The molecule has 0 aromatic heterocycles. The SMILES string of the molecule is CCCN=Nc1ccc(C)cc1. The Morgan fingerprint density at radius 2 is 1.83 bits per heavy atom. The molecule has 2 heteroatoms. The molecule has 0 heterocycles. The predicted octanol–water partition coefficient (Wildman–Crippen LogP) is 3.49. The lowest BCUT2D eigenvalue weighted by molar-refractivity contribution is 0.876. The highest BCUT2D eigenvalue weighted by Gasteiger charge is 1.86. The molecule has 0 saturated carbocycles. The molecular formula is C10H14N2. The van der Waals surface area contributed by atoms with E-state index in [2.05, 4.69) is 24.1 Å². The lowest BCUT2D eigenvalue weighted by atomic mass is 10.2. The van der Waals surface area contributed by atoms with Gasteiger partial charge in [-0.05, 0) is 25.5 Å². The quantitative estimate of drug-likeness (QED) is 0.608. The van der Waals surface area contributed by atoms with Crippen LogP contribution in [-0.4, -0.2) is 6.54 Å². The summed E-state index contributed by atoms with van der Waals surface area (Å²) in [5, 5.41) is 8.08. The molecule has 0 aliphatic carbocycles. The molecule has 1 rings (SSSR count). The molecule has 0 aliphatic rings. The number of hydrogen-bond acceptors (Lipinski definition) is 2. The summed E-state index contributed by atoms with van der Waals surface area (Å²) in [6.07, 6.45) is 1.05. The highest BCUT2D eigenvalue weighted by atomic mass is 15.1. The minimum absolute atomic E-state index is 0.813. The van der Waals surface area contributed by atoms with E-state index in [1.165, 1.54) is 5.56 Å². The van der Waals surface area contributed by atoms with Crippen molar-refractivity contribution in [3.63, 3.8) is 0 Å². The monoisotopic (exact) mass is 162 g/mol. The van der Waals surface area contributed by atoms with Crippen molar-refractivity contribution in [3.05, 3.63) is 29.8 Å². The molecule has 0 radical (unpaired) electrons. The van der Waals surface area contributed by atoms with Crippen LogP contribution in [0.2, 0.25) is 0 Å². The van der Waals surface area contributed by atoms with Crippen molar-refractivity contribution in [2.24, 2.45) is 10.2 Å². The van der Waals surface area contributed by atoms with E-state index in [4.69, 9.17) is 0 Å². The summed E-state index contributed by atoms with van der Waals surface area (Å²) in [6.45, 7) is 4.97. The normalized spacial score (nSPS) is 10.8. The van der Waals surface area contributed by atoms with E-state index in [1.54, 1.807) is 0 Å². The van der Waals surface area contributed by atoms with Crippen LogP contribution < -0.4 is 0 Å². The fourth-order valence-electron chi connectivity index (χ4n) is 0.843. The zero-order chi connectivity index (χ0) is 8.81. The van der Waals surface area contributed by atoms with E-state index in [0.29, 0.717) is 0 Å². The molecule has 0 amide bonds. The number of benzene rings is 1. The van der Waals surface area contributed by atoms with Crippen LogP contribution in [0.5, 0.6) is 0 Å². The van der Waals surface area contributed by atoms with Crippen LogP contribution in [0.15, 0.2) is 34.5 Å². The fraction of sp³-hybridized carbons (Fsp3) is 0.400. The topological polar surface area (TPSA) is 24.7 Å². The third kappa shape index (κ3) is 2.82. The average Bonchev–Trinajstić information content (AvgIpc) is 2.09. The predicted molar refractivity (Wildman–Crippen MR) is 50.9 cm³/mol. The van der Waals surface area contributed by atoms with Crippen LogP contribution in [0.3, 0.4) is 0 Å². The first kappa shape index (κ1) is 8.91. The molecule has 64 valence electrons. The Morgan fingerprint density at radius 3 is 2.42 bits per heavy atom. The van der Waals surface area contributed by atoms with Crippen molar-refractivity contribution in [1.29, 1.82) is 0 Å². The van der Waals surface area contributed by atoms with E-state index in [0.717, 1.165) is 18.7 Å². The molecule has 1 aromatic rings. The van der Waals surface area contributed by atoms with E-state index in [9.17, 15) is 0 Å². The Labute approximate surface area is 73.3 Å². The van der Waals surface area contributed by atoms with Gasteiger partial charge in [-0.3, -0.25) is 0 Å². The van der Waals surface area contributed by atoms with Crippen molar-refractivity contribution >= 4 is 5.69 Å². The average molecular weight is 162 g/mol. The van der Waals surface area contributed by atoms with Gasteiger partial charge in [0.25, 0.3) is 0 Å². The van der Waals surface area contributed by atoms with Crippen molar-refractivity contribution in [1.82, 2.24) is 0 Å². The zero-order valence-electron chi connectivity index (χ0n) is 7.62. The van der Waals surface area contributed by atoms with Crippen LogP contribution in [0, 0.1) is 6.92 Å². The number of aryl methyl sites for hydroxylation is 1. The lowest BCUT2D eigenvalue weighted by Gasteiger charge is -1.92. The van der Waals surface area contributed by atoms with Gasteiger partial charge in [-0.1, -0.05) is 24.6 Å². The first-order chi connectivity index (χ1) is 5.83. The molecule has 0 bridgehead atoms. The Bertz CT molecular complexity index is 249.